The lowest BCUT2D eigenvalue weighted by Gasteiger charge is -2.35. The van der Waals surface area contributed by atoms with E-state index in [2.05, 4.69) is 15.3 Å². The summed E-state index contributed by atoms with van der Waals surface area (Å²) in [5.41, 5.74) is 0.522. The first kappa shape index (κ1) is 19.8. The summed E-state index contributed by atoms with van der Waals surface area (Å²) >= 11 is 0. The fourth-order valence-corrected chi connectivity index (χ4v) is 3.85. The minimum Gasteiger partial charge on any atom is -0.342 e. The lowest BCUT2D eigenvalue weighted by Crippen LogP contribution is -2.51. The van der Waals surface area contributed by atoms with Crippen molar-refractivity contribution < 1.29 is 9.59 Å². The number of piperidine rings is 1. The highest BCUT2D eigenvalue weighted by molar-refractivity contribution is 5.92. The molecule has 1 atom stereocenters. The Hall–Kier alpha value is -1.93. The molecule has 2 saturated heterocycles. The van der Waals surface area contributed by atoms with Gasteiger partial charge in [-0.2, -0.15) is 5.10 Å². The lowest BCUT2D eigenvalue weighted by atomic mass is 10.1. The number of aromatic nitrogens is 2. The van der Waals surface area contributed by atoms with Crippen molar-refractivity contribution in [2.75, 3.05) is 58.9 Å². The molecule has 0 spiro atoms. The van der Waals surface area contributed by atoms with Gasteiger partial charge in [0.05, 0.1) is 12.6 Å². The van der Waals surface area contributed by atoms with Crippen molar-refractivity contribution in [3.63, 3.8) is 0 Å². The van der Waals surface area contributed by atoms with Crippen LogP contribution in [0, 0.1) is 0 Å². The minimum absolute atomic E-state index is 0.00719. The standard InChI is InChI=1S/C19H32N6O2/c1-3-23(4-2)18(26)15-22-10-12-24(13-11-22)19(27)17-7-9-25(21-17)16-6-5-8-20-14-16/h7,9,16,20H,3-6,8,10-15H2,1-2H3. The van der Waals surface area contributed by atoms with Crippen LogP contribution in [0.5, 0.6) is 0 Å². The van der Waals surface area contributed by atoms with Crippen LogP contribution in [-0.2, 0) is 4.79 Å². The molecule has 0 radical (unpaired) electrons. The Balaban J connectivity index is 1.50. The number of carbonyl (C=O) groups is 2. The molecule has 0 saturated carbocycles. The van der Waals surface area contributed by atoms with Crippen LogP contribution in [-0.4, -0.2) is 95.2 Å². The molecule has 0 aliphatic carbocycles. The molecule has 1 unspecified atom stereocenters. The number of nitrogens with one attached hydrogen (secondary N) is 1. The zero-order valence-electron chi connectivity index (χ0n) is 16.6. The van der Waals surface area contributed by atoms with Crippen molar-refractivity contribution in [1.82, 2.24) is 29.8 Å². The van der Waals surface area contributed by atoms with E-state index in [0.717, 1.165) is 52.1 Å². The largest absolute Gasteiger partial charge is 0.342 e. The number of nitrogens with zero attached hydrogens (tertiary/aromatic N) is 5. The first-order valence-corrected chi connectivity index (χ1v) is 10.2. The van der Waals surface area contributed by atoms with Gasteiger partial charge in [0.15, 0.2) is 0 Å². The second-order valence-electron chi connectivity index (χ2n) is 7.32. The third-order valence-electron chi connectivity index (χ3n) is 5.61. The Kier molecular flexibility index (Phi) is 6.84. The van der Waals surface area contributed by atoms with E-state index in [9.17, 15) is 9.59 Å². The topological polar surface area (TPSA) is 73.7 Å². The number of hydrogen-bond acceptors (Lipinski definition) is 5. The highest BCUT2D eigenvalue weighted by atomic mass is 16.2. The Morgan fingerprint density at radius 1 is 1.22 bits per heavy atom. The van der Waals surface area contributed by atoms with E-state index >= 15 is 0 Å². The summed E-state index contributed by atoms with van der Waals surface area (Å²) in [6.45, 7) is 10.6. The van der Waals surface area contributed by atoms with Crippen LogP contribution in [0.4, 0.5) is 0 Å². The van der Waals surface area contributed by atoms with Gasteiger partial charge in [-0.3, -0.25) is 19.2 Å². The van der Waals surface area contributed by atoms with Gasteiger partial charge in [-0.15, -0.1) is 0 Å². The van der Waals surface area contributed by atoms with Crippen LogP contribution >= 0.6 is 0 Å². The predicted molar refractivity (Wildman–Crippen MR) is 104 cm³/mol. The summed E-state index contributed by atoms with van der Waals surface area (Å²) in [5, 5.41) is 7.91. The van der Waals surface area contributed by atoms with Crippen molar-refractivity contribution >= 4 is 11.8 Å². The van der Waals surface area contributed by atoms with Crippen LogP contribution in [0.25, 0.3) is 0 Å². The Labute approximate surface area is 161 Å². The van der Waals surface area contributed by atoms with Gasteiger partial charge in [0.25, 0.3) is 5.91 Å². The highest BCUT2D eigenvalue weighted by Gasteiger charge is 2.26. The van der Waals surface area contributed by atoms with Crippen LogP contribution in [0.3, 0.4) is 0 Å². The van der Waals surface area contributed by atoms with Crippen LogP contribution in [0.1, 0.15) is 43.2 Å². The number of piperazine rings is 1. The molecule has 1 aromatic heterocycles. The van der Waals surface area contributed by atoms with Gasteiger partial charge in [-0.05, 0) is 39.3 Å². The maximum absolute atomic E-state index is 12.8. The SMILES string of the molecule is CCN(CC)C(=O)CN1CCN(C(=O)c2ccn(C3CCCNC3)n2)CC1. The minimum atomic E-state index is -0.00719. The van der Waals surface area contributed by atoms with Crippen molar-refractivity contribution in [3.8, 4) is 0 Å². The normalized spacial score (nSPS) is 21.3. The first-order chi connectivity index (χ1) is 13.1. The van der Waals surface area contributed by atoms with Gasteiger partial charge < -0.3 is 15.1 Å². The van der Waals surface area contributed by atoms with Gasteiger partial charge in [0, 0.05) is 52.0 Å². The van der Waals surface area contributed by atoms with E-state index in [1.807, 2.05) is 40.6 Å². The summed E-state index contributed by atoms with van der Waals surface area (Å²) in [7, 11) is 0. The van der Waals surface area contributed by atoms with Crippen LogP contribution in [0.2, 0.25) is 0 Å². The van der Waals surface area contributed by atoms with E-state index < -0.39 is 0 Å². The first-order valence-electron chi connectivity index (χ1n) is 10.2. The Morgan fingerprint density at radius 3 is 2.59 bits per heavy atom. The van der Waals surface area contributed by atoms with E-state index in [1.165, 1.54) is 0 Å². The van der Waals surface area contributed by atoms with Crippen molar-refractivity contribution in [2.45, 2.75) is 32.7 Å². The average molecular weight is 377 g/mol. The molecule has 8 heteroatoms. The molecule has 0 aromatic carbocycles. The van der Waals surface area contributed by atoms with E-state index in [-0.39, 0.29) is 11.8 Å². The molecule has 1 N–H and O–H groups in total. The molecule has 0 bridgehead atoms. The van der Waals surface area contributed by atoms with Crippen molar-refractivity contribution in [2.24, 2.45) is 0 Å². The van der Waals surface area contributed by atoms with Gasteiger partial charge in [-0.25, -0.2) is 0 Å². The van der Waals surface area contributed by atoms with E-state index in [4.69, 9.17) is 0 Å². The average Bonchev–Trinajstić information content (AvgIpc) is 3.20. The molecule has 3 rings (SSSR count). The molecule has 2 aliphatic heterocycles. The third kappa shape index (κ3) is 4.87. The molecule has 3 heterocycles. The summed E-state index contributed by atoms with van der Waals surface area (Å²) in [6.07, 6.45) is 4.16. The van der Waals surface area contributed by atoms with E-state index in [0.29, 0.717) is 31.4 Å². The van der Waals surface area contributed by atoms with Crippen molar-refractivity contribution in [3.05, 3.63) is 18.0 Å². The molecule has 2 aliphatic rings. The van der Waals surface area contributed by atoms with Gasteiger partial charge in [-0.1, -0.05) is 0 Å². The predicted octanol–water partition coefficient (Wildman–Crippen LogP) is 0.434. The van der Waals surface area contributed by atoms with Crippen molar-refractivity contribution in [1.29, 1.82) is 0 Å². The van der Waals surface area contributed by atoms with Gasteiger partial charge >= 0.3 is 0 Å². The smallest absolute Gasteiger partial charge is 0.274 e. The zero-order chi connectivity index (χ0) is 19.2. The molecule has 1 aromatic rings. The number of likely N-dealkylation sites (N-methyl/N-ethyl adjacent to an activating group) is 1. The Morgan fingerprint density at radius 2 is 1.96 bits per heavy atom. The maximum Gasteiger partial charge on any atom is 0.274 e. The summed E-state index contributed by atoms with van der Waals surface area (Å²) < 4.78 is 1.93. The molecule has 2 amide bonds. The Bertz CT molecular complexity index is 628. The summed E-state index contributed by atoms with van der Waals surface area (Å²) in [4.78, 5) is 30.9. The lowest BCUT2D eigenvalue weighted by molar-refractivity contribution is -0.132. The molecule has 27 heavy (non-hydrogen) atoms. The molecular weight excluding hydrogens is 344 g/mol. The second kappa shape index (κ2) is 9.32. The van der Waals surface area contributed by atoms with E-state index in [1.54, 1.807) is 0 Å². The maximum atomic E-state index is 12.8. The fourth-order valence-electron chi connectivity index (χ4n) is 3.85. The monoisotopic (exact) mass is 376 g/mol. The quantitative estimate of drug-likeness (QED) is 0.780. The van der Waals surface area contributed by atoms with Crippen LogP contribution < -0.4 is 5.32 Å². The molecular formula is C19H32N6O2. The number of amides is 2. The van der Waals surface area contributed by atoms with Crippen LogP contribution in [0.15, 0.2) is 12.3 Å². The van der Waals surface area contributed by atoms with Gasteiger partial charge in [0.2, 0.25) is 5.91 Å². The van der Waals surface area contributed by atoms with Gasteiger partial charge in [0.1, 0.15) is 5.69 Å². The zero-order valence-corrected chi connectivity index (χ0v) is 16.6. The second-order valence-corrected chi connectivity index (χ2v) is 7.32. The fraction of sp³-hybridized carbons (Fsp3) is 0.737. The number of carbonyl (C=O) groups excluding carboxylic acids is 2. The highest BCUT2D eigenvalue weighted by Crippen LogP contribution is 2.16. The summed E-state index contributed by atoms with van der Waals surface area (Å²) in [5.74, 6) is 0.159. The third-order valence-corrected chi connectivity index (χ3v) is 5.61. The molecule has 2 fully saturated rings. The molecule has 8 nitrogen and oxygen atoms in total. The molecule has 150 valence electrons. The summed E-state index contributed by atoms with van der Waals surface area (Å²) in [6, 6.07) is 2.16. The number of rotatable bonds is 6. The number of hydrogen-bond donors (Lipinski definition) is 1.